The molecule has 0 aromatic heterocycles. The van der Waals surface area contributed by atoms with Gasteiger partial charge < -0.3 is 19.4 Å². The predicted molar refractivity (Wildman–Crippen MR) is 342 cm³/mol. The molecule has 0 aliphatic carbocycles. The van der Waals surface area contributed by atoms with Gasteiger partial charge in [0.25, 0.3) is 0 Å². The van der Waals surface area contributed by atoms with Gasteiger partial charge in [-0.25, -0.2) is 4.57 Å². The van der Waals surface area contributed by atoms with Crippen LogP contribution in [0, 0.1) is 0 Å². The third kappa shape index (κ3) is 60.4. The molecule has 1 amide bonds. The number of allylic oxidation sites excluding steroid dienone is 7. The summed E-state index contributed by atoms with van der Waals surface area (Å²) in [4.78, 5) is 37.8. The Bertz CT molecular complexity index is 1490. The van der Waals surface area contributed by atoms with Crippen LogP contribution in [0.2, 0.25) is 0 Å². The maximum Gasteiger partial charge on any atom is 0.472 e. The Kier molecular flexibility index (Phi) is 57.6. The number of ether oxygens (including phenoxy) is 1. The second-order valence-corrected chi connectivity index (χ2v) is 25.8. The minimum atomic E-state index is -4.45. The van der Waals surface area contributed by atoms with Gasteiger partial charge in [-0.2, -0.15) is 0 Å². The Labute approximate surface area is 490 Å². The van der Waals surface area contributed by atoms with E-state index < -0.39 is 20.0 Å². The van der Waals surface area contributed by atoms with Gasteiger partial charge in [0.1, 0.15) is 19.3 Å². The van der Waals surface area contributed by atoms with Crippen LogP contribution in [0.3, 0.4) is 0 Å². The van der Waals surface area contributed by atoms with Gasteiger partial charge in [-0.05, 0) is 70.3 Å². The number of phosphoric ester groups is 1. The molecule has 3 unspecified atom stereocenters. The Morgan fingerprint density at radius 2 is 0.772 bits per heavy atom. The van der Waals surface area contributed by atoms with Gasteiger partial charge in [0.05, 0.1) is 33.8 Å². The molecule has 0 spiro atoms. The lowest BCUT2D eigenvalue weighted by Crippen LogP contribution is -2.47. The SMILES string of the molecule is CCCCC/C=C\C/C=C\C/C=C\CCCCCCCCC(=O)NC(COP(=O)(O)OCC[N+](C)(C)C)C(/C=C/CCCCCCCCCCCCC)OC(=O)CCCCCCCCCCCCCCCCCCCCCCC. The van der Waals surface area contributed by atoms with Crippen molar-refractivity contribution < 1.29 is 37.3 Å². The van der Waals surface area contributed by atoms with Crippen LogP contribution in [0.1, 0.15) is 329 Å². The molecular formula is C69H132N2O7P+. The summed E-state index contributed by atoms with van der Waals surface area (Å²) < 4.78 is 30.8. The van der Waals surface area contributed by atoms with Crippen LogP contribution in [0.25, 0.3) is 0 Å². The first-order chi connectivity index (χ1) is 38.4. The van der Waals surface area contributed by atoms with E-state index >= 15 is 0 Å². The molecular weight excluding hydrogens is 1000 g/mol. The number of carbonyl (C=O) groups excluding carboxylic acids is 2. The molecule has 0 saturated carbocycles. The van der Waals surface area contributed by atoms with Crippen LogP contribution in [-0.2, 0) is 27.9 Å². The highest BCUT2D eigenvalue weighted by molar-refractivity contribution is 7.47. The van der Waals surface area contributed by atoms with E-state index in [1.807, 2.05) is 33.3 Å². The van der Waals surface area contributed by atoms with Crippen LogP contribution in [0.15, 0.2) is 48.6 Å². The van der Waals surface area contributed by atoms with Crippen molar-refractivity contribution in [2.45, 2.75) is 341 Å². The van der Waals surface area contributed by atoms with Crippen LogP contribution in [-0.4, -0.2) is 74.3 Å². The van der Waals surface area contributed by atoms with Crippen molar-refractivity contribution >= 4 is 19.7 Å². The van der Waals surface area contributed by atoms with Crippen molar-refractivity contribution in [2.75, 3.05) is 40.9 Å². The van der Waals surface area contributed by atoms with Crippen LogP contribution in [0.4, 0.5) is 0 Å². The van der Waals surface area contributed by atoms with Crippen LogP contribution < -0.4 is 5.32 Å². The maximum atomic E-state index is 13.6. The van der Waals surface area contributed by atoms with E-state index in [0.29, 0.717) is 23.9 Å². The normalized spacial score (nSPS) is 13.9. The lowest BCUT2D eigenvalue weighted by atomic mass is 10.0. The second kappa shape index (κ2) is 59.1. The summed E-state index contributed by atoms with van der Waals surface area (Å²) >= 11 is 0. The van der Waals surface area contributed by atoms with E-state index in [-0.39, 0.29) is 25.1 Å². The van der Waals surface area contributed by atoms with Gasteiger partial charge in [0.2, 0.25) is 5.91 Å². The standard InChI is InChI=1S/C69H131N2O7P/c1-7-10-13-16-19-22-25-28-30-32-34-35-37-39-41-44-47-50-53-56-59-62-69(73)78-67(60-57-54-51-48-45-42-27-24-21-18-15-12-9-3)66(65-77-79(74,75)76-64-63-71(4,5)6)70-68(72)61-58-55-52-49-46-43-40-38-36-33-31-29-26-23-20-17-14-11-8-2/h20,23,29,31,36,38,57,60,66-67H,7-19,21-22,24-28,30,32-35,37,39-56,58-59,61-65H2,1-6H3,(H-,70,72,74,75)/p+1/b23-20-,31-29-,38-36-,60-57+. The van der Waals surface area contributed by atoms with Crippen molar-refractivity contribution in [1.82, 2.24) is 5.32 Å². The van der Waals surface area contributed by atoms with Gasteiger partial charge >= 0.3 is 13.8 Å². The lowest BCUT2D eigenvalue weighted by Gasteiger charge is -2.27. The zero-order valence-corrected chi connectivity index (χ0v) is 54.0. The number of carbonyl (C=O) groups is 2. The molecule has 79 heavy (non-hydrogen) atoms. The molecule has 464 valence electrons. The topological polar surface area (TPSA) is 111 Å². The van der Waals surface area contributed by atoms with Gasteiger partial charge in [0, 0.05) is 12.8 Å². The number of hydrogen-bond donors (Lipinski definition) is 2. The summed E-state index contributed by atoms with van der Waals surface area (Å²) in [6.07, 6.45) is 73.9. The molecule has 0 aromatic rings. The van der Waals surface area contributed by atoms with Gasteiger partial charge in [0.15, 0.2) is 0 Å². The third-order valence-electron chi connectivity index (χ3n) is 15.3. The number of quaternary nitrogens is 1. The number of nitrogens with zero attached hydrogens (tertiary/aromatic N) is 1. The lowest BCUT2D eigenvalue weighted by molar-refractivity contribution is -0.870. The first-order valence-electron chi connectivity index (χ1n) is 34.0. The smallest absolute Gasteiger partial charge is 0.456 e. The zero-order valence-electron chi connectivity index (χ0n) is 53.1. The fourth-order valence-electron chi connectivity index (χ4n) is 10.0. The Morgan fingerprint density at radius 3 is 1.18 bits per heavy atom. The monoisotopic (exact) mass is 1130 g/mol. The molecule has 0 radical (unpaired) electrons. The highest BCUT2D eigenvalue weighted by atomic mass is 31.2. The van der Waals surface area contributed by atoms with E-state index in [1.54, 1.807) is 0 Å². The summed E-state index contributed by atoms with van der Waals surface area (Å²) in [6.45, 7) is 7.02. The third-order valence-corrected chi connectivity index (χ3v) is 16.3. The number of esters is 1. The van der Waals surface area contributed by atoms with Gasteiger partial charge in [-0.1, -0.05) is 294 Å². The number of amides is 1. The summed E-state index contributed by atoms with van der Waals surface area (Å²) in [6, 6.07) is -0.854. The number of likely N-dealkylation sites (N-methyl/N-ethyl adjacent to an activating group) is 1. The molecule has 0 fully saturated rings. The van der Waals surface area contributed by atoms with Crippen molar-refractivity contribution in [3.8, 4) is 0 Å². The average Bonchev–Trinajstić information content (AvgIpc) is 3.41. The van der Waals surface area contributed by atoms with Crippen molar-refractivity contribution in [2.24, 2.45) is 0 Å². The summed E-state index contributed by atoms with van der Waals surface area (Å²) in [7, 11) is 1.50. The molecule has 0 aromatic carbocycles. The average molecular weight is 1130 g/mol. The molecule has 2 N–H and O–H groups in total. The molecule has 0 bridgehead atoms. The van der Waals surface area contributed by atoms with Crippen molar-refractivity contribution in [3.05, 3.63) is 48.6 Å². The second-order valence-electron chi connectivity index (χ2n) is 24.4. The molecule has 0 aliphatic heterocycles. The molecule has 9 nitrogen and oxygen atoms in total. The fraction of sp³-hybridized carbons (Fsp3) is 0.855. The molecule has 3 atom stereocenters. The number of hydrogen-bond acceptors (Lipinski definition) is 6. The van der Waals surface area contributed by atoms with E-state index in [0.717, 1.165) is 83.5 Å². The minimum Gasteiger partial charge on any atom is -0.456 e. The van der Waals surface area contributed by atoms with E-state index in [9.17, 15) is 19.0 Å². The van der Waals surface area contributed by atoms with Gasteiger partial charge in [-0.15, -0.1) is 0 Å². The minimum absolute atomic E-state index is 0.0386. The quantitative estimate of drug-likeness (QED) is 0.0205. The molecule has 0 aliphatic rings. The molecule has 10 heteroatoms. The largest absolute Gasteiger partial charge is 0.472 e. The molecule has 0 heterocycles. The Balaban J connectivity index is 5.19. The summed E-state index contributed by atoms with van der Waals surface area (Å²) in [5, 5.41) is 3.06. The number of rotatable bonds is 62. The van der Waals surface area contributed by atoms with Crippen LogP contribution in [0.5, 0.6) is 0 Å². The van der Waals surface area contributed by atoms with Crippen molar-refractivity contribution in [1.29, 1.82) is 0 Å². The van der Waals surface area contributed by atoms with Crippen LogP contribution >= 0.6 is 7.82 Å². The molecule has 0 rings (SSSR count). The highest BCUT2D eigenvalue weighted by Gasteiger charge is 2.30. The first kappa shape index (κ1) is 77.0. The van der Waals surface area contributed by atoms with Crippen molar-refractivity contribution in [3.63, 3.8) is 0 Å². The summed E-state index contributed by atoms with van der Waals surface area (Å²) in [5.74, 6) is -0.504. The predicted octanol–water partition coefficient (Wildman–Crippen LogP) is 21.2. The van der Waals surface area contributed by atoms with E-state index in [2.05, 4.69) is 62.5 Å². The number of unbranched alkanes of at least 4 members (excludes halogenated alkanes) is 40. The number of phosphoric acid groups is 1. The summed E-state index contributed by atoms with van der Waals surface area (Å²) in [5.41, 5.74) is 0. The molecule has 0 saturated heterocycles. The van der Waals surface area contributed by atoms with E-state index in [1.165, 1.54) is 212 Å². The Hall–Kier alpha value is -2.03. The maximum absolute atomic E-state index is 13.6. The fourth-order valence-corrected chi connectivity index (χ4v) is 10.7. The van der Waals surface area contributed by atoms with E-state index in [4.69, 9.17) is 13.8 Å². The zero-order chi connectivity index (χ0) is 57.9. The Morgan fingerprint density at radius 1 is 0.443 bits per heavy atom. The first-order valence-corrected chi connectivity index (χ1v) is 35.5. The number of nitrogens with one attached hydrogen (secondary N) is 1. The van der Waals surface area contributed by atoms with Gasteiger partial charge in [-0.3, -0.25) is 18.6 Å². The highest BCUT2D eigenvalue weighted by Crippen LogP contribution is 2.43.